The van der Waals surface area contributed by atoms with Gasteiger partial charge in [-0.3, -0.25) is 9.59 Å². The lowest BCUT2D eigenvalue weighted by Gasteiger charge is -2.19. The number of imide groups is 1. The summed E-state index contributed by atoms with van der Waals surface area (Å²) in [6, 6.07) is 7.59. The molecule has 4 atom stereocenters. The summed E-state index contributed by atoms with van der Waals surface area (Å²) in [5.74, 6) is -0.658. The molecule has 5 heteroatoms. The molecule has 0 radical (unpaired) electrons. The zero-order valence-electron chi connectivity index (χ0n) is 11.1. The molecule has 3 saturated heterocycles. The van der Waals surface area contributed by atoms with Crippen molar-refractivity contribution in [1.29, 1.82) is 0 Å². The number of carbonyl (C=O) groups excluding carboxylic acids is 2. The molecule has 1 aromatic carbocycles. The van der Waals surface area contributed by atoms with Crippen molar-refractivity contribution in [2.24, 2.45) is 11.8 Å². The minimum Gasteiger partial charge on any atom is -0.373 e. The first-order chi connectivity index (χ1) is 9.72. The van der Waals surface area contributed by atoms with Crippen LogP contribution in [0.2, 0.25) is 0 Å². The number of nitrogens with zero attached hydrogens (tertiary/aromatic N) is 1. The largest absolute Gasteiger partial charge is 0.373 e. The summed E-state index contributed by atoms with van der Waals surface area (Å²) in [6.45, 7) is 0. The quantitative estimate of drug-likeness (QED) is 0.618. The summed E-state index contributed by atoms with van der Waals surface area (Å²) in [7, 11) is 0. The van der Waals surface area contributed by atoms with Gasteiger partial charge in [-0.05, 0) is 31.2 Å². The van der Waals surface area contributed by atoms with E-state index in [9.17, 15) is 9.59 Å². The van der Waals surface area contributed by atoms with Gasteiger partial charge in [-0.2, -0.15) is 0 Å². The van der Waals surface area contributed by atoms with Gasteiger partial charge in [0.1, 0.15) is 0 Å². The van der Waals surface area contributed by atoms with Crippen LogP contribution in [0.1, 0.15) is 12.8 Å². The summed E-state index contributed by atoms with van der Waals surface area (Å²) < 4.78 is 5.75. The van der Waals surface area contributed by atoms with Crippen molar-refractivity contribution in [3.8, 4) is 0 Å². The van der Waals surface area contributed by atoms with E-state index in [1.807, 2.05) is 30.5 Å². The molecule has 2 bridgehead atoms. The first kappa shape index (κ1) is 12.4. The van der Waals surface area contributed by atoms with Crippen molar-refractivity contribution < 1.29 is 14.3 Å². The van der Waals surface area contributed by atoms with E-state index >= 15 is 0 Å². The molecule has 3 fully saturated rings. The second kappa shape index (κ2) is 4.33. The van der Waals surface area contributed by atoms with Crippen LogP contribution in [-0.2, 0) is 14.3 Å². The highest BCUT2D eigenvalue weighted by Gasteiger charge is 2.62. The molecule has 104 valence electrons. The molecule has 0 spiro atoms. The number of hydrogen-bond donors (Lipinski definition) is 0. The smallest absolute Gasteiger partial charge is 0.240 e. The van der Waals surface area contributed by atoms with Gasteiger partial charge in [0.2, 0.25) is 11.8 Å². The summed E-state index contributed by atoms with van der Waals surface area (Å²) in [4.78, 5) is 27.7. The average molecular weight is 289 g/mol. The van der Waals surface area contributed by atoms with Crippen molar-refractivity contribution in [2.75, 3.05) is 11.2 Å². The number of para-hydroxylation sites is 1. The first-order valence-corrected chi connectivity index (χ1v) is 8.11. The molecule has 3 aliphatic rings. The molecular weight excluding hydrogens is 274 g/mol. The minimum atomic E-state index is -0.254. The maximum absolute atomic E-state index is 12.7. The first-order valence-electron chi connectivity index (χ1n) is 6.88. The number of amides is 2. The maximum atomic E-state index is 12.7. The Balaban J connectivity index is 1.77. The van der Waals surface area contributed by atoms with Crippen molar-refractivity contribution in [3.63, 3.8) is 0 Å². The predicted molar refractivity (Wildman–Crippen MR) is 75.6 cm³/mol. The van der Waals surface area contributed by atoms with Crippen LogP contribution < -0.4 is 4.90 Å². The van der Waals surface area contributed by atoms with Gasteiger partial charge >= 0.3 is 0 Å². The fourth-order valence-corrected chi connectivity index (χ4v) is 4.35. The highest BCUT2D eigenvalue weighted by molar-refractivity contribution is 7.98. The Bertz CT molecular complexity index is 575. The SMILES string of the molecule is CSc1ccccc1N1C(=O)[C@@H]2[C@@H](C1=O)[C@@H]1CC[C@@H]2O1. The molecule has 4 rings (SSSR count). The Hall–Kier alpha value is -1.33. The molecule has 0 N–H and O–H groups in total. The Morgan fingerprint density at radius 1 is 1.10 bits per heavy atom. The summed E-state index contributed by atoms with van der Waals surface area (Å²) in [5, 5.41) is 0. The van der Waals surface area contributed by atoms with E-state index in [0.717, 1.165) is 23.4 Å². The van der Waals surface area contributed by atoms with E-state index < -0.39 is 0 Å². The van der Waals surface area contributed by atoms with Gasteiger partial charge in [0.25, 0.3) is 0 Å². The Kier molecular flexibility index (Phi) is 2.69. The number of thioether (sulfide) groups is 1. The van der Waals surface area contributed by atoms with Crippen LogP contribution >= 0.6 is 11.8 Å². The Labute approximate surface area is 121 Å². The van der Waals surface area contributed by atoms with E-state index in [4.69, 9.17) is 4.74 Å². The molecule has 2 amide bonds. The molecule has 0 saturated carbocycles. The molecule has 0 aliphatic carbocycles. The van der Waals surface area contributed by atoms with Crippen molar-refractivity contribution in [1.82, 2.24) is 0 Å². The van der Waals surface area contributed by atoms with Gasteiger partial charge < -0.3 is 4.74 Å². The maximum Gasteiger partial charge on any atom is 0.240 e. The fourth-order valence-electron chi connectivity index (χ4n) is 3.76. The zero-order chi connectivity index (χ0) is 13.9. The molecule has 20 heavy (non-hydrogen) atoms. The topological polar surface area (TPSA) is 46.6 Å². The van der Waals surface area contributed by atoms with Crippen LogP contribution in [0.4, 0.5) is 5.69 Å². The van der Waals surface area contributed by atoms with Gasteiger partial charge in [-0.25, -0.2) is 4.90 Å². The lowest BCUT2D eigenvalue weighted by Crippen LogP contribution is -2.34. The Morgan fingerprint density at radius 2 is 1.70 bits per heavy atom. The number of carbonyl (C=O) groups is 2. The highest BCUT2D eigenvalue weighted by Crippen LogP contribution is 2.50. The molecule has 1 aromatic rings. The molecule has 0 aromatic heterocycles. The summed E-state index contributed by atoms with van der Waals surface area (Å²) in [5.41, 5.74) is 0.726. The third-order valence-electron chi connectivity index (χ3n) is 4.61. The van der Waals surface area contributed by atoms with E-state index in [1.54, 1.807) is 11.8 Å². The van der Waals surface area contributed by atoms with Crippen LogP contribution in [0.5, 0.6) is 0 Å². The zero-order valence-corrected chi connectivity index (χ0v) is 11.9. The average Bonchev–Trinajstić information content (AvgIpc) is 3.13. The third-order valence-corrected chi connectivity index (χ3v) is 5.40. The van der Waals surface area contributed by atoms with Gasteiger partial charge in [0, 0.05) is 4.90 Å². The van der Waals surface area contributed by atoms with Crippen LogP contribution in [0, 0.1) is 11.8 Å². The number of ether oxygens (including phenoxy) is 1. The third kappa shape index (κ3) is 1.48. The molecule has 3 heterocycles. The minimum absolute atomic E-state index is 0.0482. The lowest BCUT2D eigenvalue weighted by molar-refractivity contribution is -0.124. The van der Waals surface area contributed by atoms with Crippen LogP contribution in [-0.4, -0.2) is 30.3 Å². The number of benzene rings is 1. The van der Waals surface area contributed by atoms with Crippen molar-refractivity contribution in [2.45, 2.75) is 29.9 Å². The van der Waals surface area contributed by atoms with E-state index in [1.165, 1.54) is 4.90 Å². The normalized spacial score (nSPS) is 35.0. The monoisotopic (exact) mass is 289 g/mol. The second-order valence-electron chi connectivity index (χ2n) is 5.53. The van der Waals surface area contributed by atoms with Gasteiger partial charge in [0.05, 0.1) is 29.7 Å². The highest BCUT2D eigenvalue weighted by atomic mass is 32.2. The number of rotatable bonds is 2. The second-order valence-corrected chi connectivity index (χ2v) is 6.37. The standard InChI is InChI=1S/C15H15NO3S/c1-20-11-5-3-2-4-8(11)16-14(17)12-9-6-7-10(19-9)13(12)15(16)18/h2-5,9-10,12-13H,6-7H2,1H3/t9-,10-,12-,13-/m0/s1. The van der Waals surface area contributed by atoms with Gasteiger partial charge in [0.15, 0.2) is 0 Å². The van der Waals surface area contributed by atoms with E-state index in [0.29, 0.717) is 0 Å². The number of hydrogen-bond acceptors (Lipinski definition) is 4. The fraction of sp³-hybridized carbons (Fsp3) is 0.467. The van der Waals surface area contributed by atoms with Crippen molar-refractivity contribution in [3.05, 3.63) is 24.3 Å². The predicted octanol–water partition coefficient (Wildman–Crippen LogP) is 2.08. The van der Waals surface area contributed by atoms with Crippen molar-refractivity contribution >= 4 is 29.3 Å². The van der Waals surface area contributed by atoms with Gasteiger partial charge in [-0.1, -0.05) is 12.1 Å². The lowest BCUT2D eigenvalue weighted by atomic mass is 9.81. The number of fused-ring (bicyclic) bond motifs is 5. The molecular formula is C15H15NO3S. The summed E-state index contributed by atoms with van der Waals surface area (Å²) >= 11 is 1.55. The van der Waals surface area contributed by atoms with Gasteiger partial charge in [-0.15, -0.1) is 11.8 Å². The molecule has 0 unspecified atom stereocenters. The van der Waals surface area contributed by atoms with E-state index in [-0.39, 0.29) is 35.9 Å². The van der Waals surface area contributed by atoms with Crippen LogP contribution in [0.3, 0.4) is 0 Å². The summed E-state index contributed by atoms with van der Waals surface area (Å²) in [6.07, 6.45) is 3.67. The van der Waals surface area contributed by atoms with E-state index in [2.05, 4.69) is 0 Å². The Morgan fingerprint density at radius 3 is 2.30 bits per heavy atom. The van der Waals surface area contributed by atoms with Crippen LogP contribution in [0.25, 0.3) is 0 Å². The number of anilines is 1. The molecule has 4 nitrogen and oxygen atoms in total. The molecule has 3 aliphatic heterocycles. The van der Waals surface area contributed by atoms with Crippen LogP contribution in [0.15, 0.2) is 29.2 Å².